The number of hydrogen-bond acceptors (Lipinski definition) is 8. The first kappa shape index (κ1) is 20.5. The Morgan fingerprint density at radius 1 is 1.23 bits per heavy atom. The van der Waals surface area contributed by atoms with Gasteiger partial charge < -0.3 is 19.5 Å². The van der Waals surface area contributed by atoms with Crippen molar-refractivity contribution in [1.82, 2.24) is 20.0 Å². The van der Waals surface area contributed by atoms with Crippen molar-refractivity contribution < 1.29 is 14.1 Å². The fourth-order valence-corrected chi connectivity index (χ4v) is 4.25. The Labute approximate surface area is 179 Å². The first-order chi connectivity index (χ1) is 14.4. The van der Waals surface area contributed by atoms with Crippen LogP contribution in [0.4, 0.5) is 10.8 Å². The van der Waals surface area contributed by atoms with Crippen LogP contribution in [0.1, 0.15) is 40.2 Å². The van der Waals surface area contributed by atoms with E-state index in [1.165, 1.54) is 0 Å². The molecule has 4 heterocycles. The molecule has 1 fully saturated rings. The molecule has 0 radical (unpaired) electrons. The van der Waals surface area contributed by atoms with E-state index >= 15 is 0 Å². The van der Waals surface area contributed by atoms with E-state index in [-0.39, 0.29) is 18.4 Å². The van der Waals surface area contributed by atoms with Crippen LogP contribution in [0.2, 0.25) is 0 Å². The molecular formula is C21H25N5O3S. The summed E-state index contributed by atoms with van der Waals surface area (Å²) in [5, 5.41) is 10.1. The van der Waals surface area contributed by atoms with Crippen LogP contribution in [0.5, 0.6) is 0 Å². The standard InChI is InChI=1S/C21H25N5O3S/c1-12-7-16(24-21-23-13(2)11-30-21)8-18(22-12)19-10-26(5-6-28-19)20(27)9-17-14(3)25-29-15(17)4/h7-8,11,19H,5-6,9-10H2,1-4H3,(H,22,23,24)/t19-/m0/s1. The number of aromatic nitrogens is 3. The van der Waals surface area contributed by atoms with Crippen molar-refractivity contribution in [3.63, 3.8) is 0 Å². The summed E-state index contributed by atoms with van der Waals surface area (Å²) >= 11 is 1.56. The number of amides is 1. The third-order valence-electron chi connectivity index (χ3n) is 5.10. The molecule has 0 spiro atoms. The van der Waals surface area contributed by atoms with Gasteiger partial charge in [0.25, 0.3) is 0 Å². The molecule has 1 atom stereocenters. The van der Waals surface area contributed by atoms with Crippen molar-refractivity contribution in [2.45, 2.75) is 40.2 Å². The fourth-order valence-electron chi connectivity index (χ4n) is 3.54. The molecule has 1 aliphatic rings. The van der Waals surface area contributed by atoms with E-state index in [4.69, 9.17) is 9.26 Å². The summed E-state index contributed by atoms with van der Waals surface area (Å²) in [6, 6.07) is 3.94. The average molecular weight is 428 g/mol. The summed E-state index contributed by atoms with van der Waals surface area (Å²) < 4.78 is 11.1. The van der Waals surface area contributed by atoms with Crippen molar-refractivity contribution >= 4 is 28.1 Å². The van der Waals surface area contributed by atoms with E-state index in [9.17, 15) is 4.79 Å². The molecule has 0 saturated carbocycles. The predicted molar refractivity (Wildman–Crippen MR) is 114 cm³/mol. The van der Waals surface area contributed by atoms with Crippen LogP contribution in [0.3, 0.4) is 0 Å². The number of morpholine rings is 1. The normalized spacial score (nSPS) is 16.7. The molecule has 0 unspecified atom stereocenters. The van der Waals surface area contributed by atoms with E-state index in [0.29, 0.717) is 25.5 Å². The van der Waals surface area contributed by atoms with E-state index in [2.05, 4.69) is 20.4 Å². The zero-order valence-electron chi connectivity index (χ0n) is 17.6. The topological polar surface area (TPSA) is 93.4 Å². The van der Waals surface area contributed by atoms with Crippen LogP contribution in [-0.4, -0.2) is 45.6 Å². The summed E-state index contributed by atoms with van der Waals surface area (Å²) in [4.78, 5) is 23.8. The SMILES string of the molecule is Cc1cc(Nc2nc(C)cs2)cc([C@@H]2CN(C(=O)Cc3c(C)noc3C)CCO2)n1. The highest BCUT2D eigenvalue weighted by atomic mass is 32.1. The van der Waals surface area contributed by atoms with Crippen LogP contribution in [-0.2, 0) is 16.0 Å². The first-order valence-electron chi connectivity index (χ1n) is 9.88. The zero-order chi connectivity index (χ0) is 21.3. The fraction of sp³-hybridized carbons (Fsp3) is 0.429. The number of thiazole rings is 1. The van der Waals surface area contributed by atoms with Gasteiger partial charge in [-0.2, -0.15) is 0 Å². The number of ether oxygens (including phenoxy) is 1. The maximum absolute atomic E-state index is 12.9. The summed E-state index contributed by atoms with van der Waals surface area (Å²) in [5.41, 5.74) is 5.21. The minimum absolute atomic E-state index is 0.0435. The third kappa shape index (κ3) is 4.52. The van der Waals surface area contributed by atoms with Crippen LogP contribution >= 0.6 is 11.3 Å². The second-order valence-corrected chi connectivity index (χ2v) is 8.38. The molecule has 3 aromatic rings. The minimum atomic E-state index is -0.272. The molecule has 30 heavy (non-hydrogen) atoms. The molecule has 158 valence electrons. The summed E-state index contributed by atoms with van der Waals surface area (Å²) in [7, 11) is 0. The molecular weight excluding hydrogens is 402 g/mol. The highest BCUT2D eigenvalue weighted by Gasteiger charge is 2.28. The summed E-state index contributed by atoms with van der Waals surface area (Å²) in [6.45, 7) is 9.11. The van der Waals surface area contributed by atoms with Gasteiger partial charge in [-0.15, -0.1) is 11.3 Å². The lowest BCUT2D eigenvalue weighted by Crippen LogP contribution is -2.43. The van der Waals surface area contributed by atoms with Gasteiger partial charge in [0.1, 0.15) is 11.9 Å². The van der Waals surface area contributed by atoms with E-state index in [1.807, 2.05) is 50.1 Å². The van der Waals surface area contributed by atoms with Gasteiger partial charge in [-0.25, -0.2) is 4.98 Å². The molecule has 1 amide bonds. The summed E-state index contributed by atoms with van der Waals surface area (Å²) in [5.74, 6) is 0.737. The molecule has 9 heteroatoms. The lowest BCUT2D eigenvalue weighted by atomic mass is 10.1. The van der Waals surface area contributed by atoms with E-state index in [0.717, 1.165) is 39.2 Å². The van der Waals surface area contributed by atoms with Gasteiger partial charge in [-0.05, 0) is 39.8 Å². The molecule has 4 rings (SSSR count). The Morgan fingerprint density at radius 3 is 2.77 bits per heavy atom. The first-order valence-corrected chi connectivity index (χ1v) is 10.8. The molecule has 0 bridgehead atoms. The Bertz CT molecular complexity index is 1040. The van der Waals surface area contributed by atoms with Gasteiger partial charge >= 0.3 is 0 Å². The highest BCUT2D eigenvalue weighted by molar-refractivity contribution is 7.13. The quantitative estimate of drug-likeness (QED) is 0.664. The highest BCUT2D eigenvalue weighted by Crippen LogP contribution is 2.27. The second-order valence-electron chi connectivity index (χ2n) is 7.52. The minimum Gasteiger partial charge on any atom is -0.368 e. The number of carbonyl (C=O) groups excluding carboxylic acids is 1. The molecule has 8 nitrogen and oxygen atoms in total. The second kappa shape index (κ2) is 8.53. The Kier molecular flexibility index (Phi) is 5.83. The van der Waals surface area contributed by atoms with Gasteiger partial charge in [-0.1, -0.05) is 5.16 Å². The van der Waals surface area contributed by atoms with Crippen molar-refractivity contribution in [1.29, 1.82) is 0 Å². The molecule has 0 aromatic carbocycles. The van der Waals surface area contributed by atoms with Crippen LogP contribution in [0.15, 0.2) is 22.0 Å². The predicted octanol–water partition coefficient (Wildman–Crippen LogP) is 3.65. The molecule has 1 N–H and O–H groups in total. The van der Waals surface area contributed by atoms with Gasteiger partial charge in [0.15, 0.2) is 5.13 Å². The number of anilines is 2. The number of pyridine rings is 1. The van der Waals surface area contributed by atoms with Gasteiger partial charge in [0.2, 0.25) is 5.91 Å². The van der Waals surface area contributed by atoms with Crippen molar-refractivity contribution in [2.75, 3.05) is 25.0 Å². The number of nitrogens with zero attached hydrogens (tertiary/aromatic N) is 4. The Hall–Kier alpha value is -2.78. The van der Waals surface area contributed by atoms with Crippen molar-refractivity contribution in [3.05, 3.63) is 51.6 Å². The number of nitrogens with one attached hydrogen (secondary N) is 1. The Balaban J connectivity index is 1.48. The van der Waals surface area contributed by atoms with E-state index in [1.54, 1.807) is 11.3 Å². The molecule has 3 aromatic heterocycles. The lowest BCUT2D eigenvalue weighted by Gasteiger charge is -2.33. The number of aryl methyl sites for hydroxylation is 4. The average Bonchev–Trinajstić information content (AvgIpc) is 3.27. The largest absolute Gasteiger partial charge is 0.368 e. The lowest BCUT2D eigenvalue weighted by molar-refractivity contribution is -0.138. The zero-order valence-corrected chi connectivity index (χ0v) is 18.4. The van der Waals surface area contributed by atoms with Gasteiger partial charge in [0, 0.05) is 28.9 Å². The van der Waals surface area contributed by atoms with Crippen molar-refractivity contribution in [3.8, 4) is 0 Å². The van der Waals surface area contributed by atoms with Gasteiger partial charge in [0.05, 0.1) is 36.7 Å². The molecule has 0 aliphatic carbocycles. The maximum atomic E-state index is 12.9. The molecule has 1 aliphatic heterocycles. The smallest absolute Gasteiger partial charge is 0.227 e. The number of rotatable bonds is 5. The van der Waals surface area contributed by atoms with Crippen LogP contribution in [0, 0.1) is 27.7 Å². The molecule has 1 saturated heterocycles. The number of hydrogen-bond donors (Lipinski definition) is 1. The maximum Gasteiger partial charge on any atom is 0.227 e. The van der Waals surface area contributed by atoms with E-state index < -0.39 is 0 Å². The summed E-state index contributed by atoms with van der Waals surface area (Å²) in [6.07, 6.45) is 0.0107. The third-order valence-corrected chi connectivity index (χ3v) is 5.98. The van der Waals surface area contributed by atoms with Crippen LogP contribution in [0.25, 0.3) is 0 Å². The van der Waals surface area contributed by atoms with Gasteiger partial charge in [-0.3, -0.25) is 9.78 Å². The van der Waals surface area contributed by atoms with Crippen LogP contribution < -0.4 is 5.32 Å². The monoisotopic (exact) mass is 427 g/mol. The number of carbonyl (C=O) groups is 1. The van der Waals surface area contributed by atoms with Crippen molar-refractivity contribution in [2.24, 2.45) is 0 Å². The Morgan fingerprint density at radius 2 is 2.07 bits per heavy atom.